The third-order valence-corrected chi connectivity index (χ3v) is 2.46. The normalized spacial score (nSPS) is 12.7. The molecular formula is C9H7BrFN3O. The number of hydrogen-bond donors (Lipinski definition) is 2. The van der Waals surface area contributed by atoms with Gasteiger partial charge in [0, 0.05) is 10.0 Å². The Bertz CT molecular complexity index is 460. The van der Waals surface area contributed by atoms with Crippen molar-refractivity contribution in [3.8, 4) is 0 Å². The first kappa shape index (κ1) is 10.3. The molecule has 0 fully saturated rings. The average Bonchev–Trinajstić information content (AvgIpc) is 2.74. The Morgan fingerprint density at radius 2 is 2.27 bits per heavy atom. The van der Waals surface area contributed by atoms with Gasteiger partial charge in [-0.1, -0.05) is 15.9 Å². The molecule has 0 aliphatic heterocycles. The summed E-state index contributed by atoms with van der Waals surface area (Å²) in [4.78, 5) is 0. The fourth-order valence-corrected chi connectivity index (χ4v) is 1.60. The molecule has 1 atom stereocenters. The van der Waals surface area contributed by atoms with Gasteiger partial charge in [0.2, 0.25) is 0 Å². The number of halogens is 2. The maximum atomic E-state index is 13.4. The Hall–Kier alpha value is -1.27. The molecule has 0 spiro atoms. The molecule has 0 saturated heterocycles. The van der Waals surface area contributed by atoms with Crippen molar-refractivity contribution < 1.29 is 9.50 Å². The molecule has 1 aromatic heterocycles. The topological polar surface area (TPSA) is 61.8 Å². The van der Waals surface area contributed by atoms with Crippen LogP contribution in [0.15, 0.2) is 28.9 Å². The number of nitrogens with one attached hydrogen (secondary N) is 1. The van der Waals surface area contributed by atoms with Crippen LogP contribution in [0.5, 0.6) is 0 Å². The minimum absolute atomic E-state index is 0.165. The minimum atomic E-state index is -1.11. The van der Waals surface area contributed by atoms with Crippen LogP contribution in [0, 0.1) is 5.82 Å². The van der Waals surface area contributed by atoms with Gasteiger partial charge < -0.3 is 5.11 Å². The first-order chi connectivity index (χ1) is 7.18. The number of nitrogens with zero attached hydrogens (tertiary/aromatic N) is 2. The average molecular weight is 272 g/mol. The summed E-state index contributed by atoms with van der Waals surface area (Å²) in [6, 6.07) is 4.35. The second-order valence-corrected chi connectivity index (χ2v) is 3.88. The standard InChI is InChI=1S/C9H7BrFN3O/c10-5-1-2-7(11)6(3-5)9(15)8-4-12-14-13-8/h1-4,9,15H,(H,12,13,14). The number of aliphatic hydroxyl groups excluding tert-OH is 1. The van der Waals surface area contributed by atoms with Crippen molar-refractivity contribution in [2.24, 2.45) is 0 Å². The molecule has 0 aliphatic carbocycles. The number of aliphatic hydroxyl groups is 1. The zero-order valence-electron chi connectivity index (χ0n) is 7.48. The lowest BCUT2D eigenvalue weighted by atomic mass is 10.1. The summed E-state index contributed by atoms with van der Waals surface area (Å²) in [5.74, 6) is -0.478. The van der Waals surface area contributed by atoms with Gasteiger partial charge in [-0.15, -0.1) is 0 Å². The van der Waals surface area contributed by atoms with E-state index in [0.717, 1.165) is 0 Å². The Morgan fingerprint density at radius 1 is 1.47 bits per heavy atom. The monoisotopic (exact) mass is 271 g/mol. The van der Waals surface area contributed by atoms with Crippen LogP contribution in [-0.2, 0) is 0 Å². The van der Waals surface area contributed by atoms with Crippen LogP contribution in [0.4, 0.5) is 4.39 Å². The van der Waals surface area contributed by atoms with E-state index >= 15 is 0 Å². The first-order valence-electron chi connectivity index (χ1n) is 4.17. The number of rotatable bonds is 2. The van der Waals surface area contributed by atoms with Gasteiger partial charge >= 0.3 is 0 Å². The molecule has 4 nitrogen and oxygen atoms in total. The molecule has 0 saturated carbocycles. The van der Waals surface area contributed by atoms with Crippen LogP contribution in [0.2, 0.25) is 0 Å². The molecule has 78 valence electrons. The van der Waals surface area contributed by atoms with E-state index in [0.29, 0.717) is 4.47 Å². The van der Waals surface area contributed by atoms with Crippen LogP contribution < -0.4 is 0 Å². The number of benzene rings is 1. The highest BCUT2D eigenvalue weighted by Crippen LogP contribution is 2.25. The number of aromatic amines is 1. The smallest absolute Gasteiger partial charge is 0.129 e. The molecule has 0 amide bonds. The Labute approximate surface area is 93.3 Å². The summed E-state index contributed by atoms with van der Waals surface area (Å²) in [7, 11) is 0. The fraction of sp³-hybridized carbons (Fsp3) is 0.111. The second-order valence-electron chi connectivity index (χ2n) is 2.96. The molecule has 1 unspecified atom stereocenters. The van der Waals surface area contributed by atoms with Gasteiger partial charge in [0.15, 0.2) is 0 Å². The van der Waals surface area contributed by atoms with Gasteiger partial charge in [-0.25, -0.2) is 4.39 Å². The largest absolute Gasteiger partial charge is 0.382 e. The fourth-order valence-electron chi connectivity index (χ4n) is 1.23. The van der Waals surface area contributed by atoms with Crippen LogP contribution >= 0.6 is 15.9 Å². The van der Waals surface area contributed by atoms with Gasteiger partial charge in [0.25, 0.3) is 0 Å². The highest BCUT2D eigenvalue weighted by molar-refractivity contribution is 9.10. The molecule has 0 aliphatic rings. The van der Waals surface area contributed by atoms with Crippen molar-refractivity contribution in [3.05, 3.63) is 45.9 Å². The third-order valence-electron chi connectivity index (χ3n) is 1.97. The highest BCUT2D eigenvalue weighted by atomic mass is 79.9. The SMILES string of the molecule is OC(c1cn[nH]n1)c1cc(Br)ccc1F. The molecule has 0 bridgehead atoms. The summed E-state index contributed by atoms with van der Waals surface area (Å²) in [5, 5.41) is 19.4. The first-order valence-corrected chi connectivity index (χ1v) is 4.96. The lowest BCUT2D eigenvalue weighted by Gasteiger charge is -2.08. The molecule has 2 aromatic rings. The Kier molecular flexibility index (Phi) is 2.79. The quantitative estimate of drug-likeness (QED) is 0.876. The third kappa shape index (κ3) is 2.05. The van der Waals surface area contributed by atoms with E-state index in [1.54, 1.807) is 6.07 Å². The molecule has 0 radical (unpaired) electrons. The molecule has 2 rings (SSSR count). The summed E-state index contributed by atoms with van der Waals surface area (Å²) in [5.41, 5.74) is 0.449. The lowest BCUT2D eigenvalue weighted by Crippen LogP contribution is -2.03. The highest BCUT2D eigenvalue weighted by Gasteiger charge is 2.17. The second kappa shape index (κ2) is 4.08. The maximum absolute atomic E-state index is 13.4. The van der Waals surface area contributed by atoms with Crippen molar-refractivity contribution in [3.63, 3.8) is 0 Å². The predicted molar refractivity (Wildman–Crippen MR) is 54.5 cm³/mol. The van der Waals surface area contributed by atoms with Gasteiger partial charge in [-0.2, -0.15) is 15.4 Å². The zero-order chi connectivity index (χ0) is 10.8. The number of hydrogen-bond acceptors (Lipinski definition) is 3. The van der Waals surface area contributed by atoms with E-state index in [1.165, 1.54) is 18.3 Å². The summed E-state index contributed by atoms with van der Waals surface area (Å²) in [6.45, 7) is 0. The molecular weight excluding hydrogens is 265 g/mol. The molecule has 1 aromatic carbocycles. The van der Waals surface area contributed by atoms with Gasteiger partial charge in [0.1, 0.15) is 17.6 Å². The lowest BCUT2D eigenvalue weighted by molar-refractivity contribution is 0.210. The van der Waals surface area contributed by atoms with Crippen molar-refractivity contribution >= 4 is 15.9 Å². The van der Waals surface area contributed by atoms with Crippen molar-refractivity contribution in [1.82, 2.24) is 15.4 Å². The minimum Gasteiger partial charge on any atom is -0.382 e. The summed E-state index contributed by atoms with van der Waals surface area (Å²) in [6.07, 6.45) is 0.242. The van der Waals surface area contributed by atoms with Crippen molar-refractivity contribution in [1.29, 1.82) is 0 Å². The van der Waals surface area contributed by atoms with E-state index in [4.69, 9.17) is 0 Å². The van der Waals surface area contributed by atoms with Crippen LogP contribution in [0.3, 0.4) is 0 Å². The van der Waals surface area contributed by atoms with Gasteiger partial charge in [-0.05, 0) is 18.2 Å². The molecule has 2 N–H and O–H groups in total. The van der Waals surface area contributed by atoms with Gasteiger partial charge in [0.05, 0.1) is 6.20 Å². The van der Waals surface area contributed by atoms with E-state index in [2.05, 4.69) is 31.3 Å². The number of H-pyrrole nitrogens is 1. The summed E-state index contributed by atoms with van der Waals surface area (Å²) < 4.78 is 14.1. The van der Waals surface area contributed by atoms with Crippen LogP contribution in [-0.4, -0.2) is 20.5 Å². The molecule has 15 heavy (non-hydrogen) atoms. The van der Waals surface area contributed by atoms with Crippen molar-refractivity contribution in [2.75, 3.05) is 0 Å². The molecule has 1 heterocycles. The van der Waals surface area contributed by atoms with E-state index in [-0.39, 0.29) is 11.3 Å². The Balaban J connectivity index is 2.41. The zero-order valence-corrected chi connectivity index (χ0v) is 9.07. The van der Waals surface area contributed by atoms with Crippen LogP contribution in [0.1, 0.15) is 17.4 Å². The summed E-state index contributed by atoms with van der Waals surface area (Å²) >= 11 is 3.21. The van der Waals surface area contributed by atoms with Gasteiger partial charge in [-0.3, -0.25) is 0 Å². The van der Waals surface area contributed by atoms with E-state index in [1.807, 2.05) is 0 Å². The van der Waals surface area contributed by atoms with E-state index < -0.39 is 11.9 Å². The maximum Gasteiger partial charge on any atom is 0.129 e. The van der Waals surface area contributed by atoms with E-state index in [9.17, 15) is 9.50 Å². The molecule has 6 heteroatoms. The Morgan fingerprint density at radius 3 is 2.93 bits per heavy atom. The number of aromatic nitrogens is 3. The van der Waals surface area contributed by atoms with Crippen molar-refractivity contribution in [2.45, 2.75) is 6.10 Å². The predicted octanol–water partition coefficient (Wildman–Crippen LogP) is 1.79. The van der Waals surface area contributed by atoms with Crippen LogP contribution in [0.25, 0.3) is 0 Å².